The van der Waals surface area contributed by atoms with Gasteiger partial charge in [0.05, 0.1) is 19.8 Å². The first-order chi connectivity index (χ1) is 9.22. The second kappa shape index (κ2) is 8.68. The predicted molar refractivity (Wildman–Crippen MR) is 67.1 cm³/mol. The fourth-order valence-corrected chi connectivity index (χ4v) is 1.47. The Morgan fingerprint density at radius 1 is 1.00 bits per heavy atom. The van der Waals surface area contributed by atoms with Crippen LogP contribution in [0.1, 0.15) is 5.56 Å². The Morgan fingerprint density at radius 2 is 1.63 bits per heavy atom. The summed E-state index contributed by atoms with van der Waals surface area (Å²) in [7, 11) is 3.10. The summed E-state index contributed by atoms with van der Waals surface area (Å²) in [6.07, 6.45) is 0. The molecule has 0 spiro atoms. The van der Waals surface area contributed by atoms with Crippen molar-refractivity contribution in [3.05, 3.63) is 23.5 Å². The summed E-state index contributed by atoms with van der Waals surface area (Å²) in [5.74, 6) is 0.0878. The van der Waals surface area contributed by atoms with Crippen molar-refractivity contribution in [2.45, 2.75) is 6.61 Å². The molecule has 0 saturated carbocycles. The zero-order valence-corrected chi connectivity index (χ0v) is 11.1. The van der Waals surface area contributed by atoms with Crippen molar-refractivity contribution in [2.24, 2.45) is 0 Å². The molecule has 1 aromatic carbocycles. The number of ether oxygens (including phenoxy) is 4. The lowest BCUT2D eigenvalue weighted by Gasteiger charge is -2.15. The largest absolute Gasteiger partial charge is 0.487 e. The van der Waals surface area contributed by atoms with Crippen LogP contribution in [0.15, 0.2) is 12.1 Å². The quantitative estimate of drug-likeness (QED) is 0.689. The lowest BCUT2D eigenvalue weighted by Crippen LogP contribution is -2.10. The monoisotopic (exact) mass is 274 g/mol. The Balaban J connectivity index is 2.86. The van der Waals surface area contributed by atoms with Crippen LogP contribution < -0.4 is 9.47 Å². The van der Waals surface area contributed by atoms with Gasteiger partial charge in [-0.1, -0.05) is 0 Å². The van der Waals surface area contributed by atoms with E-state index in [9.17, 15) is 9.50 Å². The van der Waals surface area contributed by atoms with Crippen LogP contribution in [-0.4, -0.2) is 45.8 Å². The van der Waals surface area contributed by atoms with Crippen molar-refractivity contribution in [1.82, 2.24) is 0 Å². The lowest BCUT2D eigenvalue weighted by molar-refractivity contribution is 0.130. The second-order valence-electron chi connectivity index (χ2n) is 3.73. The van der Waals surface area contributed by atoms with Crippen LogP contribution in [0.5, 0.6) is 11.5 Å². The van der Waals surface area contributed by atoms with Gasteiger partial charge in [-0.3, -0.25) is 0 Å². The van der Waals surface area contributed by atoms with Crippen molar-refractivity contribution < 1.29 is 28.4 Å². The summed E-state index contributed by atoms with van der Waals surface area (Å²) in [6.45, 7) is 0.990. The molecule has 19 heavy (non-hydrogen) atoms. The molecule has 0 amide bonds. The van der Waals surface area contributed by atoms with Crippen LogP contribution in [-0.2, 0) is 16.1 Å². The molecule has 0 atom stereocenters. The Morgan fingerprint density at radius 3 is 2.21 bits per heavy atom. The average molecular weight is 274 g/mol. The molecular weight excluding hydrogens is 255 g/mol. The van der Waals surface area contributed by atoms with Gasteiger partial charge >= 0.3 is 0 Å². The molecule has 108 valence electrons. The Hall–Kier alpha value is -1.37. The highest BCUT2D eigenvalue weighted by Crippen LogP contribution is 2.32. The van der Waals surface area contributed by atoms with Gasteiger partial charge in [0.25, 0.3) is 0 Å². The maximum atomic E-state index is 13.4. The zero-order chi connectivity index (χ0) is 14.1. The number of aliphatic hydroxyl groups excluding tert-OH is 1. The summed E-state index contributed by atoms with van der Waals surface area (Å²) < 4.78 is 34.0. The standard InChI is InChI=1S/C13H19FO5/c1-16-3-5-18-12-8-11(14)7-10(9-15)13(12)19-6-4-17-2/h7-8,15H,3-6,9H2,1-2H3. The molecule has 1 N–H and O–H groups in total. The van der Waals surface area contributed by atoms with E-state index in [4.69, 9.17) is 18.9 Å². The summed E-state index contributed by atoms with van der Waals surface area (Å²) in [6, 6.07) is 2.43. The van der Waals surface area contributed by atoms with E-state index in [1.165, 1.54) is 12.1 Å². The van der Waals surface area contributed by atoms with Gasteiger partial charge in [-0.05, 0) is 6.07 Å². The van der Waals surface area contributed by atoms with E-state index < -0.39 is 5.82 Å². The van der Waals surface area contributed by atoms with E-state index in [1.807, 2.05) is 0 Å². The number of hydrogen-bond acceptors (Lipinski definition) is 5. The second-order valence-corrected chi connectivity index (χ2v) is 3.73. The SMILES string of the molecule is COCCOc1cc(F)cc(CO)c1OCCOC. The van der Waals surface area contributed by atoms with E-state index in [-0.39, 0.29) is 25.6 Å². The van der Waals surface area contributed by atoms with Crippen molar-refractivity contribution in [2.75, 3.05) is 40.6 Å². The number of hydrogen-bond donors (Lipinski definition) is 1. The van der Waals surface area contributed by atoms with Gasteiger partial charge in [-0.15, -0.1) is 0 Å². The van der Waals surface area contributed by atoms with Crippen LogP contribution in [0.4, 0.5) is 4.39 Å². The summed E-state index contributed by atoms with van der Waals surface area (Å²) in [4.78, 5) is 0. The topological polar surface area (TPSA) is 57.2 Å². The minimum atomic E-state index is -0.490. The summed E-state index contributed by atoms with van der Waals surface area (Å²) in [5.41, 5.74) is 0.337. The van der Waals surface area contributed by atoms with E-state index in [1.54, 1.807) is 14.2 Å². The van der Waals surface area contributed by atoms with Gasteiger partial charge < -0.3 is 24.1 Å². The zero-order valence-electron chi connectivity index (χ0n) is 11.1. The van der Waals surface area contributed by atoms with Crippen molar-refractivity contribution in [3.63, 3.8) is 0 Å². The number of benzene rings is 1. The van der Waals surface area contributed by atoms with Gasteiger partial charge in [0.1, 0.15) is 19.0 Å². The molecule has 0 bridgehead atoms. The third-order valence-corrected chi connectivity index (χ3v) is 2.35. The van der Waals surface area contributed by atoms with E-state index in [0.717, 1.165) is 0 Å². The van der Waals surface area contributed by atoms with Gasteiger partial charge in [-0.2, -0.15) is 0 Å². The molecular formula is C13H19FO5. The molecule has 1 aromatic rings. The molecule has 5 nitrogen and oxygen atoms in total. The predicted octanol–water partition coefficient (Wildman–Crippen LogP) is 1.37. The average Bonchev–Trinajstić information content (AvgIpc) is 2.41. The highest BCUT2D eigenvalue weighted by atomic mass is 19.1. The first-order valence-corrected chi connectivity index (χ1v) is 5.89. The number of halogens is 1. The Bertz CT molecular complexity index is 384. The maximum Gasteiger partial charge on any atom is 0.167 e. The third kappa shape index (κ3) is 5.02. The van der Waals surface area contributed by atoms with Crippen LogP contribution in [0.2, 0.25) is 0 Å². The van der Waals surface area contributed by atoms with Crippen molar-refractivity contribution in [1.29, 1.82) is 0 Å². The Kier molecular flexibility index (Phi) is 7.17. The number of methoxy groups -OCH3 is 2. The normalized spacial score (nSPS) is 10.5. The van der Waals surface area contributed by atoms with E-state index in [0.29, 0.717) is 24.5 Å². The highest BCUT2D eigenvalue weighted by molar-refractivity contribution is 5.47. The minimum absolute atomic E-state index is 0.247. The molecule has 0 radical (unpaired) electrons. The van der Waals surface area contributed by atoms with Crippen LogP contribution in [0.3, 0.4) is 0 Å². The van der Waals surface area contributed by atoms with Gasteiger partial charge in [-0.25, -0.2) is 4.39 Å². The fourth-order valence-electron chi connectivity index (χ4n) is 1.47. The summed E-state index contributed by atoms with van der Waals surface area (Å²) in [5, 5.41) is 9.24. The van der Waals surface area contributed by atoms with Crippen molar-refractivity contribution in [3.8, 4) is 11.5 Å². The van der Waals surface area contributed by atoms with Crippen LogP contribution in [0, 0.1) is 5.82 Å². The van der Waals surface area contributed by atoms with Gasteiger partial charge in [0.15, 0.2) is 11.5 Å². The molecule has 0 aliphatic carbocycles. The minimum Gasteiger partial charge on any atom is -0.487 e. The molecule has 0 fully saturated rings. The van der Waals surface area contributed by atoms with E-state index in [2.05, 4.69) is 0 Å². The van der Waals surface area contributed by atoms with E-state index >= 15 is 0 Å². The first-order valence-electron chi connectivity index (χ1n) is 5.89. The molecule has 0 aromatic heterocycles. The smallest absolute Gasteiger partial charge is 0.167 e. The molecule has 0 heterocycles. The van der Waals surface area contributed by atoms with Crippen LogP contribution >= 0.6 is 0 Å². The molecule has 0 aliphatic heterocycles. The number of aliphatic hydroxyl groups is 1. The Labute approximate surface area is 111 Å². The van der Waals surface area contributed by atoms with Gasteiger partial charge in [0, 0.05) is 25.8 Å². The third-order valence-electron chi connectivity index (χ3n) is 2.35. The van der Waals surface area contributed by atoms with Gasteiger partial charge in [0.2, 0.25) is 0 Å². The van der Waals surface area contributed by atoms with Crippen molar-refractivity contribution >= 4 is 0 Å². The molecule has 0 unspecified atom stereocenters. The summed E-state index contributed by atoms with van der Waals surface area (Å²) >= 11 is 0. The molecule has 0 aliphatic rings. The maximum absolute atomic E-state index is 13.4. The van der Waals surface area contributed by atoms with Crippen LogP contribution in [0.25, 0.3) is 0 Å². The number of rotatable bonds is 9. The highest BCUT2D eigenvalue weighted by Gasteiger charge is 2.13. The lowest BCUT2D eigenvalue weighted by atomic mass is 10.2. The molecule has 1 rings (SSSR count). The first kappa shape index (κ1) is 15.7. The fraction of sp³-hybridized carbons (Fsp3) is 0.538. The molecule has 6 heteroatoms. The molecule has 0 saturated heterocycles.